The van der Waals surface area contributed by atoms with Gasteiger partial charge in [-0.3, -0.25) is 9.98 Å². The van der Waals surface area contributed by atoms with Crippen molar-refractivity contribution in [2.24, 2.45) is 4.99 Å². The average molecular weight is 587 g/mol. The molecule has 1 aliphatic heterocycles. The summed E-state index contributed by atoms with van der Waals surface area (Å²) < 4.78 is 23.4. The maximum absolute atomic E-state index is 6.19. The molecule has 1 aromatic heterocycles. The lowest BCUT2D eigenvalue weighted by molar-refractivity contribution is 0.223. The Labute approximate surface area is 252 Å². The lowest BCUT2D eigenvalue weighted by atomic mass is 10.1. The first-order chi connectivity index (χ1) is 20.6. The Kier molecular flexibility index (Phi) is 10.0. The molecule has 0 radical (unpaired) electrons. The van der Waals surface area contributed by atoms with Crippen molar-refractivity contribution in [3.8, 4) is 28.7 Å². The van der Waals surface area contributed by atoms with Crippen molar-refractivity contribution in [1.82, 2.24) is 9.88 Å². The Balaban J connectivity index is 1.33. The van der Waals surface area contributed by atoms with Gasteiger partial charge < -0.3 is 29.2 Å². The maximum Gasteiger partial charge on any atom is 0.169 e. The first kappa shape index (κ1) is 29.5. The fraction of sp³-hybridized carbons (Fsp3) is 0.333. The van der Waals surface area contributed by atoms with Gasteiger partial charge in [-0.1, -0.05) is 12.1 Å². The highest BCUT2D eigenvalue weighted by Gasteiger charge is 2.20. The van der Waals surface area contributed by atoms with E-state index < -0.39 is 0 Å². The lowest BCUT2D eigenvalue weighted by Gasteiger charge is -2.23. The summed E-state index contributed by atoms with van der Waals surface area (Å²) in [7, 11) is 5.50. The number of anilines is 2. The van der Waals surface area contributed by atoms with Crippen molar-refractivity contribution in [2.45, 2.75) is 25.4 Å². The number of nitrogens with one attached hydrogen (secondary N) is 1. The van der Waals surface area contributed by atoms with Crippen LogP contribution in [0.2, 0.25) is 0 Å². The molecule has 0 spiro atoms. The van der Waals surface area contributed by atoms with E-state index in [-0.39, 0.29) is 0 Å². The van der Waals surface area contributed by atoms with Crippen LogP contribution >= 0.6 is 11.8 Å². The summed E-state index contributed by atoms with van der Waals surface area (Å²) in [5.74, 6) is 5.88. The number of nitrogens with zero attached hydrogens (tertiary/aromatic N) is 3. The summed E-state index contributed by atoms with van der Waals surface area (Å²) in [5, 5.41) is 4.47. The molecule has 9 heteroatoms. The van der Waals surface area contributed by atoms with E-state index in [1.807, 2.05) is 78.6 Å². The summed E-state index contributed by atoms with van der Waals surface area (Å²) in [6.45, 7) is 5.74. The topological polar surface area (TPSA) is 77.4 Å². The number of hydrogen-bond donors (Lipinski definition) is 1. The average Bonchev–Trinajstić information content (AvgIpc) is 3.57. The van der Waals surface area contributed by atoms with Gasteiger partial charge in [0.15, 0.2) is 23.0 Å². The van der Waals surface area contributed by atoms with Gasteiger partial charge in [0.05, 0.1) is 38.6 Å². The van der Waals surface area contributed by atoms with E-state index in [1.165, 1.54) is 17.9 Å². The number of aliphatic imine (C=N–C) groups is 1. The van der Waals surface area contributed by atoms with E-state index in [2.05, 4.69) is 29.0 Å². The molecule has 2 heterocycles. The van der Waals surface area contributed by atoms with E-state index in [0.29, 0.717) is 47.9 Å². The Morgan fingerprint density at radius 2 is 1.81 bits per heavy atom. The number of para-hydroxylation sites is 2. The van der Waals surface area contributed by atoms with Crippen LogP contribution in [0.3, 0.4) is 0 Å². The molecule has 1 atom stereocenters. The summed E-state index contributed by atoms with van der Waals surface area (Å²) >= 11 is 2.04. The third kappa shape index (κ3) is 7.09. The number of pyridine rings is 1. The van der Waals surface area contributed by atoms with Crippen molar-refractivity contribution < 1.29 is 18.9 Å². The Morgan fingerprint density at radius 1 is 1.02 bits per heavy atom. The van der Waals surface area contributed by atoms with Crippen molar-refractivity contribution in [3.63, 3.8) is 0 Å². The molecule has 8 nitrogen and oxygen atoms in total. The second-order valence-corrected chi connectivity index (χ2v) is 11.3. The van der Waals surface area contributed by atoms with E-state index in [9.17, 15) is 0 Å². The van der Waals surface area contributed by atoms with Gasteiger partial charge in [0.1, 0.15) is 5.75 Å². The second kappa shape index (κ2) is 14.3. The predicted molar refractivity (Wildman–Crippen MR) is 173 cm³/mol. The first-order valence-electron chi connectivity index (χ1n) is 14.1. The van der Waals surface area contributed by atoms with Crippen molar-refractivity contribution >= 4 is 40.8 Å². The monoisotopic (exact) mass is 586 g/mol. The van der Waals surface area contributed by atoms with Crippen LogP contribution in [0.1, 0.15) is 18.4 Å². The fourth-order valence-corrected chi connectivity index (χ4v) is 6.33. The highest BCUT2D eigenvalue weighted by molar-refractivity contribution is 7.99. The number of ether oxygens (including phenoxy) is 4. The number of methoxy groups -OCH3 is 2. The van der Waals surface area contributed by atoms with Gasteiger partial charge in [0.25, 0.3) is 0 Å². The fourth-order valence-electron chi connectivity index (χ4n) is 5.03. The smallest absolute Gasteiger partial charge is 0.169 e. The van der Waals surface area contributed by atoms with E-state index in [0.717, 1.165) is 40.8 Å². The molecule has 42 heavy (non-hydrogen) atoms. The summed E-state index contributed by atoms with van der Waals surface area (Å²) in [6, 6.07) is 20.0. The molecule has 0 amide bonds. The zero-order chi connectivity index (χ0) is 29.3. The molecule has 5 rings (SSSR count). The molecule has 1 aliphatic rings. The number of benzene rings is 3. The molecule has 220 valence electrons. The van der Waals surface area contributed by atoms with Gasteiger partial charge in [-0.25, -0.2) is 0 Å². The Morgan fingerprint density at radius 3 is 2.52 bits per heavy atom. The highest BCUT2D eigenvalue weighted by atomic mass is 32.2. The van der Waals surface area contributed by atoms with Crippen molar-refractivity contribution in [1.29, 1.82) is 0 Å². The van der Waals surface area contributed by atoms with Crippen LogP contribution in [0.25, 0.3) is 10.9 Å². The number of rotatable bonds is 14. The quantitative estimate of drug-likeness (QED) is 0.123. The maximum atomic E-state index is 6.19. The third-order valence-electron chi connectivity index (χ3n) is 7.38. The van der Waals surface area contributed by atoms with Gasteiger partial charge in [-0.2, -0.15) is 11.8 Å². The highest BCUT2D eigenvalue weighted by Crippen LogP contribution is 2.38. The van der Waals surface area contributed by atoms with Gasteiger partial charge in [0, 0.05) is 47.2 Å². The molecule has 1 saturated heterocycles. The Hall–Kier alpha value is -3.95. The number of fused-ring (bicyclic) bond motifs is 1. The first-order valence-corrected chi connectivity index (χ1v) is 15.3. The Bertz CT molecular complexity index is 1490. The van der Waals surface area contributed by atoms with E-state index in [4.69, 9.17) is 23.9 Å². The zero-order valence-corrected chi connectivity index (χ0v) is 25.3. The molecule has 1 N–H and O–H groups in total. The van der Waals surface area contributed by atoms with Gasteiger partial charge in [0.2, 0.25) is 0 Å². The standard InChI is InChI=1S/C33H38N4O4S/c1-34-20-23-21-35-28-19-32(40-16-7-15-37(2)25-14-17-42-22-25)31(39-4)18-27(28)33(23)36-24-10-12-26(13-11-24)41-30-9-6-5-8-29(30)38-3/h5-6,8-13,18-19,21,25H,1,7,14-17,20,22H2,2-4H3,(H,35,36). The second-order valence-electron chi connectivity index (χ2n) is 10.2. The molecule has 3 aromatic carbocycles. The summed E-state index contributed by atoms with van der Waals surface area (Å²) in [4.78, 5) is 11.3. The SMILES string of the molecule is C=NCc1cnc2cc(OCCCN(C)C3CCSC3)c(OC)cc2c1Nc1ccc(Oc2ccccc2OC)cc1. The van der Waals surface area contributed by atoms with Gasteiger partial charge >= 0.3 is 0 Å². The largest absolute Gasteiger partial charge is 0.493 e. The van der Waals surface area contributed by atoms with Crippen LogP contribution < -0.4 is 24.3 Å². The minimum absolute atomic E-state index is 0.424. The van der Waals surface area contributed by atoms with Crippen LogP contribution in [0, 0.1) is 0 Å². The minimum atomic E-state index is 0.424. The molecule has 0 bridgehead atoms. The number of hydrogen-bond acceptors (Lipinski definition) is 9. The van der Waals surface area contributed by atoms with Gasteiger partial charge in [-0.15, -0.1) is 0 Å². The van der Waals surface area contributed by atoms with Crippen LogP contribution in [0.15, 0.2) is 71.9 Å². The number of aromatic nitrogens is 1. The van der Waals surface area contributed by atoms with Crippen LogP contribution in [-0.2, 0) is 6.54 Å². The van der Waals surface area contributed by atoms with Crippen LogP contribution in [0.4, 0.5) is 11.4 Å². The lowest BCUT2D eigenvalue weighted by Crippen LogP contribution is -2.32. The number of thioether (sulfide) groups is 1. The minimum Gasteiger partial charge on any atom is -0.493 e. The molecule has 4 aromatic rings. The predicted octanol–water partition coefficient (Wildman–Crippen LogP) is 7.19. The molecule has 1 unspecified atom stereocenters. The molecule has 1 fully saturated rings. The normalized spacial score (nSPS) is 14.6. The van der Waals surface area contributed by atoms with Crippen LogP contribution in [0.5, 0.6) is 28.7 Å². The molecule has 0 saturated carbocycles. The van der Waals surface area contributed by atoms with E-state index in [1.54, 1.807) is 14.2 Å². The van der Waals surface area contributed by atoms with Crippen molar-refractivity contribution in [2.75, 3.05) is 51.2 Å². The summed E-state index contributed by atoms with van der Waals surface area (Å²) in [5.41, 5.74) is 3.52. The third-order valence-corrected chi connectivity index (χ3v) is 8.52. The molecule has 0 aliphatic carbocycles. The summed E-state index contributed by atoms with van der Waals surface area (Å²) in [6.07, 6.45) is 4.05. The molecular weight excluding hydrogens is 548 g/mol. The van der Waals surface area contributed by atoms with E-state index >= 15 is 0 Å². The zero-order valence-electron chi connectivity index (χ0n) is 24.5. The molecular formula is C33H38N4O4S. The van der Waals surface area contributed by atoms with Crippen molar-refractivity contribution in [3.05, 3.63) is 72.4 Å². The van der Waals surface area contributed by atoms with Gasteiger partial charge in [-0.05, 0) is 74.8 Å². The van der Waals surface area contributed by atoms with Crippen LogP contribution in [-0.4, -0.2) is 68.6 Å².